The molecule has 2 aromatic heterocycles. The summed E-state index contributed by atoms with van der Waals surface area (Å²) < 4.78 is 15.4. The Morgan fingerprint density at radius 1 is 1.22 bits per heavy atom. The van der Waals surface area contributed by atoms with Gasteiger partial charge >= 0.3 is 11.6 Å². The molecule has 0 aliphatic heterocycles. The highest BCUT2D eigenvalue weighted by Gasteiger charge is 2.21. The van der Waals surface area contributed by atoms with Gasteiger partial charge in [-0.05, 0) is 12.1 Å². The maximum atomic E-state index is 12.3. The predicted octanol–water partition coefficient (Wildman–Crippen LogP) is 4.10. The molecule has 27 heavy (non-hydrogen) atoms. The van der Waals surface area contributed by atoms with Gasteiger partial charge in [0.2, 0.25) is 0 Å². The Hall–Kier alpha value is -2.48. The zero-order valence-electron chi connectivity index (χ0n) is 13.7. The molecule has 2 N–H and O–H groups in total. The zero-order valence-corrected chi connectivity index (χ0v) is 16.0. The normalized spacial score (nSPS) is 10.8. The lowest BCUT2D eigenvalue weighted by Crippen LogP contribution is -2.11. The second-order valence-corrected chi connectivity index (χ2v) is 6.44. The Balaban J connectivity index is 1.91. The Bertz CT molecular complexity index is 1110. The summed E-state index contributed by atoms with van der Waals surface area (Å²) in [4.78, 5) is 27.9. The third kappa shape index (κ3) is 3.80. The van der Waals surface area contributed by atoms with Crippen molar-refractivity contribution < 1.29 is 18.7 Å². The third-order valence-electron chi connectivity index (χ3n) is 3.66. The number of esters is 1. The van der Waals surface area contributed by atoms with E-state index in [-0.39, 0.29) is 33.2 Å². The van der Waals surface area contributed by atoms with E-state index in [1.807, 2.05) is 0 Å². The molecule has 1 aromatic carbocycles. The first-order chi connectivity index (χ1) is 12.8. The molecule has 2 heterocycles. The molecule has 0 saturated carbocycles. The fourth-order valence-corrected chi connectivity index (χ4v) is 2.92. The van der Waals surface area contributed by atoms with E-state index in [1.165, 1.54) is 13.2 Å². The number of aromatic nitrogens is 1. The highest BCUT2D eigenvalue weighted by atomic mass is 35.5. The van der Waals surface area contributed by atoms with Crippen LogP contribution in [0, 0.1) is 0 Å². The maximum Gasteiger partial charge on any atom is 0.358 e. The number of ether oxygens (including phenoxy) is 2. The van der Waals surface area contributed by atoms with Crippen molar-refractivity contribution in [3.05, 3.63) is 61.1 Å². The largest absolute Gasteiger partial charge is 0.497 e. The Morgan fingerprint density at radius 2 is 1.96 bits per heavy atom. The van der Waals surface area contributed by atoms with E-state index < -0.39 is 11.6 Å². The minimum atomic E-state index is -0.875. The summed E-state index contributed by atoms with van der Waals surface area (Å²) in [6.45, 7) is -0.231. The first-order valence-corrected chi connectivity index (χ1v) is 8.53. The molecule has 0 bridgehead atoms. The van der Waals surface area contributed by atoms with E-state index in [0.29, 0.717) is 22.3 Å². The van der Waals surface area contributed by atoms with E-state index in [9.17, 15) is 9.59 Å². The SMILES string of the molecule is COc1ccc2c(COC(=O)c3nc(Cl)c(Cl)c(N)c3Cl)cc(=O)oc2c1. The number of anilines is 1. The van der Waals surface area contributed by atoms with Crippen LogP contribution in [-0.2, 0) is 11.3 Å². The van der Waals surface area contributed by atoms with Crippen molar-refractivity contribution in [2.75, 3.05) is 12.8 Å². The molecule has 7 nitrogen and oxygen atoms in total. The van der Waals surface area contributed by atoms with Gasteiger partial charge in [0.25, 0.3) is 0 Å². The van der Waals surface area contributed by atoms with Gasteiger partial charge in [0, 0.05) is 23.1 Å². The molecule has 0 saturated heterocycles. The minimum Gasteiger partial charge on any atom is -0.497 e. The molecule has 0 aliphatic rings. The molecule has 0 atom stereocenters. The summed E-state index contributed by atoms with van der Waals surface area (Å²) >= 11 is 17.6. The summed E-state index contributed by atoms with van der Waals surface area (Å²) in [7, 11) is 1.49. The van der Waals surface area contributed by atoms with Gasteiger partial charge in [0.1, 0.15) is 23.0 Å². The van der Waals surface area contributed by atoms with Crippen LogP contribution in [0.1, 0.15) is 16.1 Å². The molecular formula is C17H11Cl3N2O5. The van der Waals surface area contributed by atoms with Crippen molar-refractivity contribution in [2.24, 2.45) is 0 Å². The number of rotatable bonds is 4. The number of nitrogens with zero attached hydrogens (tertiary/aromatic N) is 1. The summed E-state index contributed by atoms with van der Waals surface area (Å²) in [5.74, 6) is -0.359. The number of carbonyl (C=O) groups excluding carboxylic acids is 1. The van der Waals surface area contributed by atoms with Crippen molar-refractivity contribution in [1.82, 2.24) is 4.98 Å². The molecule has 3 aromatic rings. The van der Waals surface area contributed by atoms with E-state index in [0.717, 1.165) is 0 Å². The average Bonchev–Trinajstić information content (AvgIpc) is 2.66. The summed E-state index contributed by atoms with van der Waals surface area (Å²) in [6, 6.07) is 6.15. The summed E-state index contributed by atoms with van der Waals surface area (Å²) in [5.41, 5.74) is 5.45. The molecule has 0 spiro atoms. The van der Waals surface area contributed by atoms with Gasteiger partial charge in [-0.1, -0.05) is 34.8 Å². The van der Waals surface area contributed by atoms with Gasteiger partial charge in [-0.15, -0.1) is 0 Å². The molecule has 3 rings (SSSR count). The van der Waals surface area contributed by atoms with E-state index in [1.54, 1.807) is 18.2 Å². The maximum absolute atomic E-state index is 12.3. The molecule has 0 unspecified atom stereocenters. The molecular weight excluding hydrogens is 419 g/mol. The minimum absolute atomic E-state index is 0.0566. The van der Waals surface area contributed by atoms with Crippen LogP contribution in [0.15, 0.2) is 33.5 Å². The molecule has 140 valence electrons. The topological polar surface area (TPSA) is 105 Å². The fraction of sp³-hybridized carbons (Fsp3) is 0.118. The van der Waals surface area contributed by atoms with Crippen LogP contribution >= 0.6 is 34.8 Å². The Kier molecular flexibility index (Phi) is 5.46. The lowest BCUT2D eigenvalue weighted by atomic mass is 10.1. The van der Waals surface area contributed by atoms with Crippen LogP contribution in [0.25, 0.3) is 11.0 Å². The van der Waals surface area contributed by atoms with Crippen molar-refractivity contribution >= 4 is 57.4 Å². The number of benzene rings is 1. The van der Waals surface area contributed by atoms with Crippen LogP contribution in [0.2, 0.25) is 15.2 Å². The van der Waals surface area contributed by atoms with Gasteiger partial charge < -0.3 is 19.6 Å². The van der Waals surface area contributed by atoms with Crippen molar-refractivity contribution in [1.29, 1.82) is 0 Å². The monoisotopic (exact) mass is 428 g/mol. The fourth-order valence-electron chi connectivity index (χ4n) is 2.33. The van der Waals surface area contributed by atoms with Gasteiger partial charge in [0.05, 0.1) is 17.8 Å². The Morgan fingerprint density at radius 3 is 2.67 bits per heavy atom. The van der Waals surface area contributed by atoms with E-state index in [2.05, 4.69) is 4.98 Å². The second-order valence-electron chi connectivity index (χ2n) is 5.32. The number of halogens is 3. The Labute approximate surface area is 167 Å². The van der Waals surface area contributed by atoms with Crippen LogP contribution in [0.3, 0.4) is 0 Å². The zero-order chi connectivity index (χ0) is 19.7. The number of carbonyl (C=O) groups is 1. The predicted molar refractivity (Wildman–Crippen MR) is 102 cm³/mol. The summed E-state index contributed by atoms with van der Waals surface area (Å²) in [5, 5.41) is 0.176. The van der Waals surface area contributed by atoms with Gasteiger partial charge in [-0.25, -0.2) is 14.6 Å². The van der Waals surface area contributed by atoms with Crippen molar-refractivity contribution in [2.45, 2.75) is 6.61 Å². The quantitative estimate of drug-likeness (QED) is 0.378. The van der Waals surface area contributed by atoms with Crippen LogP contribution in [-0.4, -0.2) is 18.1 Å². The average molecular weight is 430 g/mol. The number of fused-ring (bicyclic) bond motifs is 1. The van der Waals surface area contributed by atoms with Gasteiger partial charge in [-0.3, -0.25) is 0 Å². The molecule has 0 aliphatic carbocycles. The molecule has 0 amide bonds. The number of hydrogen-bond acceptors (Lipinski definition) is 7. The first-order valence-electron chi connectivity index (χ1n) is 7.39. The number of nitrogens with two attached hydrogens (primary N) is 1. The van der Waals surface area contributed by atoms with Gasteiger partial charge in [-0.2, -0.15) is 0 Å². The van der Waals surface area contributed by atoms with Gasteiger partial charge in [0.15, 0.2) is 10.8 Å². The number of pyridine rings is 1. The van der Waals surface area contributed by atoms with Crippen LogP contribution in [0.5, 0.6) is 5.75 Å². The van der Waals surface area contributed by atoms with E-state index >= 15 is 0 Å². The van der Waals surface area contributed by atoms with Crippen molar-refractivity contribution in [3.63, 3.8) is 0 Å². The number of nitrogen functional groups attached to an aromatic ring is 1. The van der Waals surface area contributed by atoms with Crippen LogP contribution < -0.4 is 16.1 Å². The second kappa shape index (κ2) is 7.64. The smallest absolute Gasteiger partial charge is 0.358 e. The molecule has 0 radical (unpaired) electrons. The number of methoxy groups -OCH3 is 1. The lowest BCUT2D eigenvalue weighted by molar-refractivity contribution is 0.0467. The highest BCUT2D eigenvalue weighted by molar-refractivity contribution is 6.46. The first kappa shape index (κ1) is 19.3. The highest BCUT2D eigenvalue weighted by Crippen LogP contribution is 2.34. The summed E-state index contributed by atoms with van der Waals surface area (Å²) in [6.07, 6.45) is 0. The third-order valence-corrected chi connectivity index (χ3v) is 4.80. The lowest BCUT2D eigenvalue weighted by Gasteiger charge is -2.10. The van der Waals surface area contributed by atoms with E-state index in [4.69, 9.17) is 54.4 Å². The molecule has 10 heteroatoms. The molecule has 0 fully saturated rings. The van der Waals surface area contributed by atoms with Crippen LogP contribution in [0.4, 0.5) is 5.69 Å². The standard InChI is InChI=1S/C17H11Cl3N2O5/c1-25-8-2-3-9-7(4-11(23)27-10(9)5-8)6-26-17(24)15-12(18)14(21)13(19)16(20)22-15/h2-5H,6H2,1H3,(H2,21,22). The number of hydrogen-bond donors (Lipinski definition) is 1. The van der Waals surface area contributed by atoms with Crippen molar-refractivity contribution in [3.8, 4) is 5.75 Å².